The molecule has 0 bridgehead atoms. The second kappa shape index (κ2) is 7.55. The van der Waals surface area contributed by atoms with E-state index in [1.807, 2.05) is 10.3 Å². The van der Waals surface area contributed by atoms with E-state index < -0.39 is 5.82 Å². The van der Waals surface area contributed by atoms with Gasteiger partial charge in [-0.2, -0.15) is 0 Å². The summed E-state index contributed by atoms with van der Waals surface area (Å²) >= 11 is 1.59. The third-order valence-corrected chi connectivity index (χ3v) is 4.85. The molecule has 1 amide bonds. The molecule has 0 radical (unpaired) electrons. The van der Waals surface area contributed by atoms with Gasteiger partial charge < -0.3 is 9.64 Å². The number of rotatable bonds is 5. The van der Waals surface area contributed by atoms with Gasteiger partial charge in [-0.05, 0) is 31.4 Å². The lowest BCUT2D eigenvalue weighted by atomic mass is 10.0. The zero-order valence-corrected chi connectivity index (χ0v) is 13.6. The van der Waals surface area contributed by atoms with E-state index in [4.69, 9.17) is 4.74 Å². The lowest BCUT2D eigenvalue weighted by Crippen LogP contribution is -2.39. The fraction of sp³-hybridized carbons (Fsp3) is 0.412. The smallest absolute Gasteiger partial charge is 0.226 e. The van der Waals surface area contributed by atoms with E-state index in [-0.39, 0.29) is 30.7 Å². The SMILES string of the molecule is O=C(CCOc1ccccc1F)N1CCCC[C@@H]1c1nccs1. The molecule has 0 saturated carbocycles. The van der Waals surface area contributed by atoms with Crippen LogP contribution in [0.5, 0.6) is 5.75 Å². The Morgan fingerprint density at radius 3 is 3.04 bits per heavy atom. The van der Waals surface area contributed by atoms with Gasteiger partial charge in [0.05, 0.1) is 19.1 Å². The molecule has 1 aromatic heterocycles. The molecule has 6 heteroatoms. The second-order valence-electron chi connectivity index (χ2n) is 5.50. The topological polar surface area (TPSA) is 42.4 Å². The van der Waals surface area contributed by atoms with Gasteiger partial charge in [0.2, 0.25) is 5.91 Å². The summed E-state index contributed by atoms with van der Waals surface area (Å²) in [5.74, 6) is -0.171. The van der Waals surface area contributed by atoms with Gasteiger partial charge in [-0.25, -0.2) is 9.37 Å². The molecule has 122 valence electrons. The van der Waals surface area contributed by atoms with Crippen molar-refractivity contribution in [3.8, 4) is 5.75 Å². The molecule has 1 saturated heterocycles. The molecule has 1 aliphatic rings. The summed E-state index contributed by atoms with van der Waals surface area (Å²) in [4.78, 5) is 18.8. The molecule has 4 nitrogen and oxygen atoms in total. The number of nitrogens with zero attached hydrogens (tertiary/aromatic N) is 2. The summed E-state index contributed by atoms with van der Waals surface area (Å²) < 4.78 is 18.9. The van der Waals surface area contributed by atoms with Crippen molar-refractivity contribution in [2.45, 2.75) is 31.7 Å². The van der Waals surface area contributed by atoms with Crippen LogP contribution in [0.3, 0.4) is 0 Å². The molecule has 2 aromatic rings. The van der Waals surface area contributed by atoms with Crippen LogP contribution >= 0.6 is 11.3 Å². The standard InChI is InChI=1S/C17H19FN2O2S/c18-13-5-1-2-7-15(13)22-11-8-16(21)20-10-4-3-6-14(20)17-19-9-12-23-17/h1-2,5,7,9,12,14H,3-4,6,8,10-11H2/t14-/m1/s1. The Morgan fingerprint density at radius 1 is 1.39 bits per heavy atom. The normalized spacial score (nSPS) is 18.0. The number of piperidine rings is 1. The number of carbonyl (C=O) groups excluding carboxylic acids is 1. The van der Waals surface area contributed by atoms with Crippen molar-refractivity contribution in [3.63, 3.8) is 0 Å². The van der Waals surface area contributed by atoms with Crippen LogP contribution in [0.1, 0.15) is 36.7 Å². The highest BCUT2D eigenvalue weighted by atomic mass is 32.1. The van der Waals surface area contributed by atoms with Gasteiger partial charge in [-0.1, -0.05) is 12.1 Å². The minimum atomic E-state index is -0.404. The van der Waals surface area contributed by atoms with Crippen LogP contribution in [0.15, 0.2) is 35.8 Å². The zero-order valence-electron chi connectivity index (χ0n) is 12.8. The summed E-state index contributed by atoms with van der Waals surface area (Å²) in [5, 5.41) is 2.93. The molecule has 1 aliphatic heterocycles. The van der Waals surface area contributed by atoms with E-state index in [1.165, 1.54) is 6.07 Å². The van der Waals surface area contributed by atoms with Crippen molar-refractivity contribution < 1.29 is 13.9 Å². The third kappa shape index (κ3) is 3.88. The predicted molar refractivity (Wildman–Crippen MR) is 86.9 cm³/mol. The molecule has 0 spiro atoms. The van der Waals surface area contributed by atoms with Gasteiger partial charge >= 0.3 is 0 Å². The van der Waals surface area contributed by atoms with Crippen LogP contribution < -0.4 is 4.74 Å². The monoisotopic (exact) mass is 334 g/mol. The molecular formula is C17H19FN2O2S. The maximum atomic E-state index is 13.5. The Labute approximate surface area is 138 Å². The number of hydrogen-bond acceptors (Lipinski definition) is 4. The zero-order chi connectivity index (χ0) is 16.1. The van der Waals surface area contributed by atoms with Crippen LogP contribution in [0, 0.1) is 5.82 Å². The minimum absolute atomic E-state index is 0.0428. The van der Waals surface area contributed by atoms with Crippen molar-refractivity contribution in [2.24, 2.45) is 0 Å². The number of hydrogen-bond donors (Lipinski definition) is 0. The Bertz CT molecular complexity index is 648. The quantitative estimate of drug-likeness (QED) is 0.835. The number of thiazole rings is 1. The van der Waals surface area contributed by atoms with Crippen LogP contribution in [-0.4, -0.2) is 28.9 Å². The van der Waals surface area contributed by atoms with Crippen molar-refractivity contribution in [1.29, 1.82) is 0 Å². The summed E-state index contributed by atoms with van der Waals surface area (Å²) in [6, 6.07) is 6.31. The first-order valence-corrected chi connectivity index (χ1v) is 8.70. The van der Waals surface area contributed by atoms with Gasteiger partial charge in [0.1, 0.15) is 5.01 Å². The Kier molecular flexibility index (Phi) is 5.23. The van der Waals surface area contributed by atoms with Gasteiger partial charge in [0, 0.05) is 18.1 Å². The maximum absolute atomic E-state index is 13.5. The minimum Gasteiger partial charge on any atom is -0.490 e. The summed E-state index contributed by atoms with van der Waals surface area (Å²) in [6.45, 7) is 0.934. The Balaban J connectivity index is 1.57. The van der Waals surface area contributed by atoms with Crippen LogP contribution in [0.25, 0.3) is 0 Å². The molecule has 0 N–H and O–H groups in total. The van der Waals surface area contributed by atoms with E-state index in [9.17, 15) is 9.18 Å². The van der Waals surface area contributed by atoms with Gasteiger partial charge in [0.15, 0.2) is 11.6 Å². The molecule has 0 aliphatic carbocycles. The largest absolute Gasteiger partial charge is 0.490 e. The maximum Gasteiger partial charge on any atom is 0.226 e. The second-order valence-corrected chi connectivity index (χ2v) is 6.42. The van der Waals surface area contributed by atoms with Crippen LogP contribution in [-0.2, 0) is 4.79 Å². The first-order chi connectivity index (χ1) is 11.3. The fourth-order valence-corrected chi connectivity index (χ4v) is 3.62. The number of ether oxygens (including phenoxy) is 1. The van der Waals surface area contributed by atoms with Crippen LogP contribution in [0.4, 0.5) is 4.39 Å². The van der Waals surface area contributed by atoms with Crippen LogP contribution in [0.2, 0.25) is 0 Å². The molecule has 1 fully saturated rings. The Hall–Kier alpha value is -1.95. The molecule has 1 atom stereocenters. The predicted octanol–water partition coefficient (Wildman–Crippen LogP) is 3.80. The number of amides is 1. The number of benzene rings is 1. The molecule has 2 heterocycles. The number of halogens is 1. The lowest BCUT2D eigenvalue weighted by Gasteiger charge is -2.34. The highest BCUT2D eigenvalue weighted by molar-refractivity contribution is 7.09. The van der Waals surface area contributed by atoms with E-state index in [0.717, 1.165) is 30.8 Å². The molecule has 0 unspecified atom stereocenters. The van der Waals surface area contributed by atoms with Crippen molar-refractivity contribution in [2.75, 3.05) is 13.2 Å². The molecule has 23 heavy (non-hydrogen) atoms. The highest BCUT2D eigenvalue weighted by Crippen LogP contribution is 2.32. The van der Waals surface area contributed by atoms with E-state index >= 15 is 0 Å². The van der Waals surface area contributed by atoms with Crippen molar-refractivity contribution in [1.82, 2.24) is 9.88 Å². The first-order valence-electron chi connectivity index (χ1n) is 7.82. The summed E-state index contributed by atoms with van der Waals surface area (Å²) in [6.07, 6.45) is 5.10. The number of carbonyl (C=O) groups is 1. The van der Waals surface area contributed by atoms with E-state index in [2.05, 4.69) is 4.98 Å². The number of aromatic nitrogens is 1. The summed E-state index contributed by atoms with van der Waals surface area (Å²) in [5.41, 5.74) is 0. The average molecular weight is 334 g/mol. The third-order valence-electron chi connectivity index (χ3n) is 3.97. The summed E-state index contributed by atoms with van der Waals surface area (Å²) in [7, 11) is 0. The highest BCUT2D eigenvalue weighted by Gasteiger charge is 2.29. The lowest BCUT2D eigenvalue weighted by molar-refractivity contribution is -0.135. The average Bonchev–Trinajstić information content (AvgIpc) is 3.11. The van der Waals surface area contributed by atoms with Crippen molar-refractivity contribution in [3.05, 3.63) is 46.7 Å². The van der Waals surface area contributed by atoms with Gasteiger partial charge in [-0.3, -0.25) is 4.79 Å². The fourth-order valence-electron chi connectivity index (χ4n) is 2.84. The Morgan fingerprint density at radius 2 is 2.26 bits per heavy atom. The number of likely N-dealkylation sites (tertiary alicyclic amines) is 1. The van der Waals surface area contributed by atoms with Gasteiger partial charge in [0.25, 0.3) is 0 Å². The number of para-hydroxylation sites is 1. The first kappa shape index (κ1) is 15.9. The van der Waals surface area contributed by atoms with Crippen molar-refractivity contribution >= 4 is 17.2 Å². The van der Waals surface area contributed by atoms with E-state index in [1.54, 1.807) is 35.7 Å². The van der Waals surface area contributed by atoms with Gasteiger partial charge in [-0.15, -0.1) is 11.3 Å². The molecular weight excluding hydrogens is 315 g/mol. The molecule has 3 rings (SSSR count). The van der Waals surface area contributed by atoms with E-state index in [0.29, 0.717) is 0 Å². The molecule has 1 aromatic carbocycles.